The molecule has 1 unspecified atom stereocenters. The van der Waals surface area contributed by atoms with Gasteiger partial charge in [0.05, 0.1) is 23.9 Å². The Bertz CT molecular complexity index is 271. The predicted octanol–water partition coefficient (Wildman–Crippen LogP) is -0.278. The van der Waals surface area contributed by atoms with Crippen molar-refractivity contribution in [2.75, 3.05) is 19.7 Å². The zero-order valence-corrected chi connectivity index (χ0v) is 10.5. The maximum atomic E-state index is 12.0. The van der Waals surface area contributed by atoms with Crippen LogP contribution in [0.25, 0.3) is 0 Å². The van der Waals surface area contributed by atoms with Gasteiger partial charge in [0.15, 0.2) is 0 Å². The van der Waals surface area contributed by atoms with Gasteiger partial charge in [-0.25, -0.2) is 0 Å². The molecule has 16 heavy (non-hydrogen) atoms. The summed E-state index contributed by atoms with van der Waals surface area (Å²) in [6, 6.07) is 0. The lowest BCUT2D eigenvalue weighted by molar-refractivity contribution is -0.170. The number of hydrogen-bond acceptors (Lipinski definition) is 4. The monoisotopic (exact) mass is 230 g/mol. The molecule has 1 saturated heterocycles. The highest BCUT2D eigenvalue weighted by molar-refractivity contribution is 5.85. The number of amides is 1. The summed E-state index contributed by atoms with van der Waals surface area (Å²) in [7, 11) is 0. The maximum Gasteiger partial charge on any atom is 0.242 e. The summed E-state index contributed by atoms with van der Waals surface area (Å²) in [6.45, 7) is 8.00. The lowest BCUT2D eigenvalue weighted by atomic mass is 10.0. The van der Waals surface area contributed by atoms with Crippen LogP contribution in [0, 0.1) is 0 Å². The molecule has 0 aliphatic carbocycles. The Kier molecular flexibility index (Phi) is 3.62. The van der Waals surface area contributed by atoms with E-state index in [0.717, 1.165) is 0 Å². The molecular formula is C11H22N2O3. The quantitative estimate of drug-likeness (QED) is 0.684. The van der Waals surface area contributed by atoms with Gasteiger partial charge < -0.3 is 20.5 Å². The van der Waals surface area contributed by atoms with Crippen LogP contribution in [0.5, 0.6) is 0 Å². The minimum Gasteiger partial charge on any atom is -0.394 e. The molecule has 0 radical (unpaired) electrons. The number of rotatable bonds is 2. The number of carbonyl (C=O) groups is 1. The van der Waals surface area contributed by atoms with Crippen molar-refractivity contribution in [2.45, 2.75) is 44.9 Å². The van der Waals surface area contributed by atoms with Crippen molar-refractivity contribution in [3.63, 3.8) is 0 Å². The van der Waals surface area contributed by atoms with Crippen LogP contribution in [0.15, 0.2) is 0 Å². The van der Waals surface area contributed by atoms with E-state index in [1.807, 2.05) is 13.8 Å². The molecule has 1 rings (SSSR count). The maximum absolute atomic E-state index is 12.0. The average molecular weight is 230 g/mol. The molecule has 1 fully saturated rings. The van der Waals surface area contributed by atoms with Crippen molar-refractivity contribution in [3.05, 3.63) is 0 Å². The van der Waals surface area contributed by atoms with Gasteiger partial charge in [0.25, 0.3) is 0 Å². The second-order valence-electron chi connectivity index (χ2n) is 5.59. The highest BCUT2D eigenvalue weighted by atomic mass is 16.5. The van der Waals surface area contributed by atoms with E-state index in [0.29, 0.717) is 13.1 Å². The molecule has 1 aliphatic heterocycles. The van der Waals surface area contributed by atoms with Crippen LogP contribution < -0.4 is 5.73 Å². The number of morpholine rings is 1. The number of aliphatic hydroxyl groups excluding tert-OH is 1. The average Bonchev–Trinajstić information content (AvgIpc) is 2.12. The van der Waals surface area contributed by atoms with Gasteiger partial charge in [-0.1, -0.05) is 0 Å². The zero-order valence-electron chi connectivity index (χ0n) is 10.5. The van der Waals surface area contributed by atoms with Crippen molar-refractivity contribution < 1.29 is 14.6 Å². The molecule has 0 saturated carbocycles. The van der Waals surface area contributed by atoms with E-state index in [1.165, 1.54) is 0 Å². The lowest BCUT2D eigenvalue weighted by Crippen LogP contribution is -2.61. The lowest BCUT2D eigenvalue weighted by Gasteiger charge is -2.44. The van der Waals surface area contributed by atoms with Gasteiger partial charge in [0, 0.05) is 13.1 Å². The Morgan fingerprint density at radius 1 is 1.62 bits per heavy atom. The molecule has 0 aromatic rings. The van der Waals surface area contributed by atoms with Crippen LogP contribution in [0.2, 0.25) is 0 Å². The molecule has 0 aromatic heterocycles. The first-order valence-electron chi connectivity index (χ1n) is 5.52. The molecule has 0 bridgehead atoms. The fraction of sp³-hybridized carbons (Fsp3) is 0.909. The van der Waals surface area contributed by atoms with Gasteiger partial charge in [-0.15, -0.1) is 0 Å². The van der Waals surface area contributed by atoms with Gasteiger partial charge >= 0.3 is 0 Å². The first-order valence-corrected chi connectivity index (χ1v) is 5.52. The van der Waals surface area contributed by atoms with Gasteiger partial charge in [-0.3, -0.25) is 4.79 Å². The number of aliphatic hydroxyl groups is 1. The molecule has 1 aliphatic rings. The fourth-order valence-electron chi connectivity index (χ4n) is 1.95. The number of hydrogen-bond donors (Lipinski definition) is 2. The molecule has 1 atom stereocenters. The van der Waals surface area contributed by atoms with Crippen molar-refractivity contribution in [1.29, 1.82) is 0 Å². The summed E-state index contributed by atoms with van der Waals surface area (Å²) in [5.41, 5.74) is 4.47. The minimum atomic E-state index is -0.882. The van der Waals surface area contributed by atoms with Crippen molar-refractivity contribution in [2.24, 2.45) is 5.73 Å². The second-order valence-corrected chi connectivity index (χ2v) is 5.59. The number of nitrogens with two attached hydrogens (primary N) is 1. The molecule has 1 heterocycles. The zero-order chi connectivity index (χ0) is 12.6. The van der Waals surface area contributed by atoms with Crippen LogP contribution >= 0.6 is 0 Å². The molecule has 94 valence electrons. The Morgan fingerprint density at radius 3 is 2.62 bits per heavy atom. The van der Waals surface area contributed by atoms with Gasteiger partial charge in [0.2, 0.25) is 5.91 Å². The van der Waals surface area contributed by atoms with Crippen LogP contribution in [-0.4, -0.2) is 52.9 Å². The summed E-state index contributed by atoms with van der Waals surface area (Å²) >= 11 is 0. The third kappa shape index (κ3) is 3.17. The van der Waals surface area contributed by atoms with Gasteiger partial charge in [0.1, 0.15) is 0 Å². The Balaban J connectivity index is 2.78. The minimum absolute atomic E-state index is 0.0851. The van der Waals surface area contributed by atoms with Crippen LogP contribution in [0.4, 0.5) is 0 Å². The predicted molar refractivity (Wildman–Crippen MR) is 60.9 cm³/mol. The molecule has 5 nitrogen and oxygen atoms in total. The molecule has 1 amide bonds. The second kappa shape index (κ2) is 4.31. The molecular weight excluding hydrogens is 208 g/mol. The fourth-order valence-corrected chi connectivity index (χ4v) is 1.95. The van der Waals surface area contributed by atoms with Crippen molar-refractivity contribution >= 4 is 5.91 Å². The van der Waals surface area contributed by atoms with E-state index >= 15 is 0 Å². The highest BCUT2D eigenvalue weighted by Gasteiger charge is 2.38. The molecule has 3 N–H and O–H groups in total. The summed E-state index contributed by atoms with van der Waals surface area (Å²) in [5.74, 6) is -0.109. The largest absolute Gasteiger partial charge is 0.394 e. The van der Waals surface area contributed by atoms with E-state index in [-0.39, 0.29) is 18.6 Å². The first kappa shape index (κ1) is 13.4. The Morgan fingerprint density at radius 2 is 2.19 bits per heavy atom. The summed E-state index contributed by atoms with van der Waals surface area (Å²) in [6.07, 6.45) is -0.324. The number of carbonyl (C=O) groups excluding carboxylic acids is 1. The van der Waals surface area contributed by atoms with E-state index < -0.39 is 11.1 Å². The first-order chi connectivity index (χ1) is 7.15. The van der Waals surface area contributed by atoms with E-state index in [4.69, 9.17) is 15.6 Å². The Labute approximate surface area is 96.6 Å². The normalized spacial score (nSPS) is 25.6. The van der Waals surface area contributed by atoms with Crippen molar-refractivity contribution in [1.82, 2.24) is 4.90 Å². The molecule has 0 aromatic carbocycles. The standard InChI is InChI=1S/C11H22N2O3/c1-10(2)7-13(5-8(6-14)16-10)9(15)11(3,4)12/h8,14H,5-7,12H2,1-4H3. The van der Waals surface area contributed by atoms with E-state index in [9.17, 15) is 4.79 Å². The van der Waals surface area contributed by atoms with Crippen LogP contribution in [0.1, 0.15) is 27.7 Å². The van der Waals surface area contributed by atoms with Crippen LogP contribution in [0.3, 0.4) is 0 Å². The number of ether oxygens (including phenoxy) is 1. The smallest absolute Gasteiger partial charge is 0.242 e. The van der Waals surface area contributed by atoms with Crippen molar-refractivity contribution in [3.8, 4) is 0 Å². The highest BCUT2D eigenvalue weighted by Crippen LogP contribution is 2.22. The SMILES string of the molecule is CC1(C)CN(C(=O)C(C)(C)N)CC(CO)O1. The molecule has 0 spiro atoms. The van der Waals surface area contributed by atoms with Crippen LogP contribution in [-0.2, 0) is 9.53 Å². The third-order valence-corrected chi connectivity index (χ3v) is 2.52. The summed E-state index contributed by atoms with van der Waals surface area (Å²) in [5, 5.41) is 9.13. The van der Waals surface area contributed by atoms with Gasteiger partial charge in [-0.2, -0.15) is 0 Å². The third-order valence-electron chi connectivity index (χ3n) is 2.52. The summed E-state index contributed by atoms with van der Waals surface area (Å²) < 4.78 is 5.63. The molecule has 5 heteroatoms. The number of nitrogens with zero attached hydrogens (tertiary/aromatic N) is 1. The van der Waals surface area contributed by atoms with Gasteiger partial charge in [-0.05, 0) is 27.7 Å². The van der Waals surface area contributed by atoms with E-state index in [2.05, 4.69) is 0 Å². The van der Waals surface area contributed by atoms with E-state index in [1.54, 1.807) is 18.7 Å². The topological polar surface area (TPSA) is 75.8 Å². The summed E-state index contributed by atoms with van der Waals surface area (Å²) in [4.78, 5) is 13.7. The Hall–Kier alpha value is -0.650.